The lowest BCUT2D eigenvalue weighted by molar-refractivity contribution is 0.526. The quantitative estimate of drug-likeness (QED) is 0.842. The van der Waals surface area contributed by atoms with Crippen molar-refractivity contribution in [1.29, 1.82) is 5.26 Å². The second-order valence-corrected chi connectivity index (χ2v) is 4.90. The fraction of sp³-hybridized carbons (Fsp3) is 0.333. The van der Waals surface area contributed by atoms with Crippen LogP contribution in [0.4, 0.5) is 5.69 Å². The molecule has 0 bridgehead atoms. The first kappa shape index (κ1) is 13.2. The number of nitrogens with zero attached hydrogens (tertiary/aromatic N) is 4. The Kier molecular flexibility index (Phi) is 3.86. The van der Waals surface area contributed by atoms with E-state index in [1.54, 1.807) is 0 Å². The summed E-state index contributed by atoms with van der Waals surface area (Å²) in [4.78, 5) is 2.09. The molecule has 0 N–H and O–H groups in total. The smallest absolute Gasteiger partial charge is 0.0992 e. The zero-order chi connectivity index (χ0) is 13.8. The van der Waals surface area contributed by atoms with Crippen LogP contribution in [0.1, 0.15) is 31.1 Å². The number of hydrogen-bond acceptors (Lipinski definition) is 3. The second-order valence-electron chi connectivity index (χ2n) is 4.90. The van der Waals surface area contributed by atoms with E-state index in [-0.39, 0.29) is 0 Å². The van der Waals surface area contributed by atoms with Crippen LogP contribution in [0.2, 0.25) is 0 Å². The van der Waals surface area contributed by atoms with E-state index >= 15 is 0 Å². The summed E-state index contributed by atoms with van der Waals surface area (Å²) in [6.45, 7) is 4.95. The van der Waals surface area contributed by atoms with Crippen LogP contribution >= 0.6 is 0 Å². The first-order valence-electron chi connectivity index (χ1n) is 6.35. The standard InChI is InChI=1S/C15H18N4/c1-12(2)19-8-7-14(17-19)11-18(3)15-6-4-5-13(9-15)10-16/h4-9,12H,11H2,1-3H3. The summed E-state index contributed by atoms with van der Waals surface area (Å²) in [7, 11) is 2.00. The Morgan fingerprint density at radius 3 is 2.79 bits per heavy atom. The molecule has 1 aromatic heterocycles. The van der Waals surface area contributed by atoms with Crippen molar-refractivity contribution >= 4 is 5.69 Å². The van der Waals surface area contributed by atoms with Gasteiger partial charge >= 0.3 is 0 Å². The molecule has 0 spiro atoms. The highest BCUT2D eigenvalue weighted by molar-refractivity contribution is 5.50. The van der Waals surface area contributed by atoms with Crippen molar-refractivity contribution in [3.05, 3.63) is 47.8 Å². The van der Waals surface area contributed by atoms with Crippen LogP contribution in [0, 0.1) is 11.3 Å². The van der Waals surface area contributed by atoms with Crippen LogP contribution in [0.25, 0.3) is 0 Å². The molecule has 0 unspecified atom stereocenters. The van der Waals surface area contributed by atoms with E-state index < -0.39 is 0 Å². The third-order valence-corrected chi connectivity index (χ3v) is 3.01. The van der Waals surface area contributed by atoms with E-state index in [0.717, 1.165) is 17.9 Å². The van der Waals surface area contributed by atoms with Gasteiger partial charge in [-0.15, -0.1) is 0 Å². The van der Waals surface area contributed by atoms with Gasteiger partial charge in [0.1, 0.15) is 0 Å². The number of nitriles is 1. The monoisotopic (exact) mass is 254 g/mol. The average Bonchev–Trinajstić information content (AvgIpc) is 2.87. The Hall–Kier alpha value is -2.28. The SMILES string of the molecule is CC(C)n1ccc(CN(C)c2cccc(C#N)c2)n1. The van der Waals surface area contributed by atoms with E-state index in [1.165, 1.54) is 0 Å². The van der Waals surface area contributed by atoms with Gasteiger partial charge in [-0.2, -0.15) is 10.4 Å². The van der Waals surface area contributed by atoms with E-state index in [9.17, 15) is 0 Å². The minimum atomic E-state index is 0.376. The summed E-state index contributed by atoms with van der Waals surface area (Å²) in [5, 5.41) is 13.4. The summed E-state index contributed by atoms with van der Waals surface area (Å²) < 4.78 is 1.95. The predicted molar refractivity (Wildman–Crippen MR) is 75.9 cm³/mol. The lowest BCUT2D eigenvalue weighted by atomic mass is 10.2. The molecule has 1 aromatic carbocycles. The van der Waals surface area contributed by atoms with Crippen molar-refractivity contribution in [3.8, 4) is 6.07 Å². The minimum absolute atomic E-state index is 0.376. The Morgan fingerprint density at radius 2 is 2.16 bits per heavy atom. The van der Waals surface area contributed by atoms with Crippen LogP contribution in [0.3, 0.4) is 0 Å². The van der Waals surface area contributed by atoms with Gasteiger partial charge in [0.05, 0.1) is 23.9 Å². The third-order valence-electron chi connectivity index (χ3n) is 3.01. The van der Waals surface area contributed by atoms with Crippen LogP contribution in [0.15, 0.2) is 36.5 Å². The Morgan fingerprint density at radius 1 is 1.37 bits per heavy atom. The molecule has 0 atom stereocenters. The first-order chi connectivity index (χ1) is 9.10. The van der Waals surface area contributed by atoms with Crippen molar-refractivity contribution in [2.75, 3.05) is 11.9 Å². The molecule has 0 aliphatic heterocycles. The van der Waals surface area contributed by atoms with Gasteiger partial charge in [-0.05, 0) is 38.1 Å². The summed E-state index contributed by atoms with van der Waals surface area (Å²) in [5.74, 6) is 0. The van der Waals surface area contributed by atoms with Crippen molar-refractivity contribution in [2.24, 2.45) is 0 Å². The van der Waals surface area contributed by atoms with Crippen molar-refractivity contribution in [1.82, 2.24) is 9.78 Å². The number of aromatic nitrogens is 2. The summed E-state index contributed by atoms with van der Waals surface area (Å²) in [6.07, 6.45) is 2.00. The summed E-state index contributed by atoms with van der Waals surface area (Å²) in [5.41, 5.74) is 2.73. The third kappa shape index (κ3) is 3.14. The lowest BCUT2D eigenvalue weighted by Gasteiger charge is -2.18. The van der Waals surface area contributed by atoms with Gasteiger partial charge in [0.25, 0.3) is 0 Å². The normalized spacial score (nSPS) is 10.5. The molecule has 4 nitrogen and oxygen atoms in total. The highest BCUT2D eigenvalue weighted by atomic mass is 15.3. The van der Waals surface area contributed by atoms with Gasteiger partial charge < -0.3 is 4.90 Å². The zero-order valence-corrected chi connectivity index (χ0v) is 11.5. The second kappa shape index (κ2) is 5.57. The van der Waals surface area contributed by atoms with Crippen LogP contribution in [-0.4, -0.2) is 16.8 Å². The minimum Gasteiger partial charge on any atom is -0.369 e. The van der Waals surface area contributed by atoms with Crippen molar-refractivity contribution in [3.63, 3.8) is 0 Å². The summed E-state index contributed by atoms with van der Waals surface area (Å²) in [6, 6.07) is 12.2. The molecule has 4 heteroatoms. The molecule has 2 rings (SSSR count). The van der Waals surface area contributed by atoms with Gasteiger partial charge in [-0.3, -0.25) is 4.68 Å². The van der Waals surface area contributed by atoms with Crippen LogP contribution in [0.5, 0.6) is 0 Å². The van der Waals surface area contributed by atoms with Gasteiger partial charge in [-0.25, -0.2) is 0 Å². The topological polar surface area (TPSA) is 44.9 Å². The first-order valence-corrected chi connectivity index (χ1v) is 6.35. The van der Waals surface area contributed by atoms with Crippen LogP contribution in [-0.2, 0) is 6.54 Å². The number of hydrogen-bond donors (Lipinski definition) is 0. The molecule has 0 radical (unpaired) electrons. The molecule has 19 heavy (non-hydrogen) atoms. The molecular weight excluding hydrogens is 236 g/mol. The highest BCUT2D eigenvalue weighted by Gasteiger charge is 2.06. The van der Waals surface area contributed by atoms with E-state index in [1.807, 2.05) is 48.3 Å². The molecule has 1 heterocycles. The Labute approximate surface area is 113 Å². The molecule has 0 saturated heterocycles. The molecule has 0 amide bonds. The molecule has 0 aliphatic rings. The maximum absolute atomic E-state index is 8.91. The Bertz CT molecular complexity index is 592. The molecule has 98 valence electrons. The molecule has 2 aromatic rings. The largest absolute Gasteiger partial charge is 0.369 e. The summed E-state index contributed by atoms with van der Waals surface area (Å²) >= 11 is 0. The van der Waals surface area contributed by atoms with Gasteiger partial charge in [0.2, 0.25) is 0 Å². The fourth-order valence-electron chi connectivity index (χ4n) is 1.90. The number of anilines is 1. The van der Waals surface area contributed by atoms with E-state index in [0.29, 0.717) is 11.6 Å². The van der Waals surface area contributed by atoms with Crippen molar-refractivity contribution in [2.45, 2.75) is 26.4 Å². The van der Waals surface area contributed by atoms with Gasteiger partial charge in [0.15, 0.2) is 0 Å². The number of benzene rings is 1. The van der Waals surface area contributed by atoms with Crippen molar-refractivity contribution < 1.29 is 0 Å². The van der Waals surface area contributed by atoms with Crippen LogP contribution < -0.4 is 4.90 Å². The van der Waals surface area contributed by atoms with Gasteiger partial charge in [-0.1, -0.05) is 6.07 Å². The maximum Gasteiger partial charge on any atom is 0.0992 e. The fourth-order valence-corrected chi connectivity index (χ4v) is 1.90. The molecule has 0 fully saturated rings. The van der Waals surface area contributed by atoms with Gasteiger partial charge in [0, 0.05) is 25.0 Å². The Balaban J connectivity index is 2.11. The van der Waals surface area contributed by atoms with E-state index in [4.69, 9.17) is 5.26 Å². The molecule has 0 aliphatic carbocycles. The average molecular weight is 254 g/mol. The maximum atomic E-state index is 8.91. The van der Waals surface area contributed by atoms with E-state index in [2.05, 4.69) is 29.9 Å². The predicted octanol–water partition coefficient (Wildman–Crippen LogP) is 2.97. The zero-order valence-electron chi connectivity index (χ0n) is 11.5. The molecule has 0 saturated carbocycles. The number of rotatable bonds is 4. The molecular formula is C15H18N4. The lowest BCUT2D eigenvalue weighted by Crippen LogP contribution is -2.17. The highest BCUT2D eigenvalue weighted by Crippen LogP contribution is 2.16.